The highest BCUT2D eigenvalue weighted by molar-refractivity contribution is 5.86. The Bertz CT molecular complexity index is 343. The third-order valence-electron chi connectivity index (χ3n) is 2.49. The molecule has 102 valence electrons. The van der Waals surface area contributed by atoms with E-state index < -0.39 is 5.97 Å². The normalized spacial score (nSPS) is 15.5. The molecule has 1 fully saturated rings. The van der Waals surface area contributed by atoms with Crippen LogP contribution < -0.4 is 5.32 Å². The van der Waals surface area contributed by atoms with Gasteiger partial charge in [0.05, 0.1) is 0 Å². The topological polar surface area (TPSA) is 90.0 Å². The van der Waals surface area contributed by atoms with Crippen LogP contribution in [0.4, 0.5) is 4.79 Å². The highest BCUT2D eigenvalue weighted by Crippen LogP contribution is 2.05. The lowest BCUT2D eigenvalue weighted by atomic mass is 10.2. The minimum absolute atomic E-state index is 0.00690. The summed E-state index contributed by atoms with van der Waals surface area (Å²) < 4.78 is 0. The van der Waals surface area contributed by atoms with E-state index in [1.807, 2.05) is 13.8 Å². The van der Waals surface area contributed by atoms with E-state index in [1.165, 1.54) is 9.80 Å². The van der Waals surface area contributed by atoms with Crippen molar-refractivity contribution in [3.05, 3.63) is 0 Å². The minimum atomic E-state index is -1.05. The molecule has 0 atom stereocenters. The number of hydrogen-bond donors (Lipinski definition) is 2. The first kappa shape index (κ1) is 14.3. The third kappa shape index (κ3) is 4.23. The van der Waals surface area contributed by atoms with Crippen molar-refractivity contribution in [3.8, 4) is 0 Å². The van der Waals surface area contributed by atoms with Crippen LogP contribution in [0, 0.1) is 5.92 Å². The zero-order valence-corrected chi connectivity index (χ0v) is 10.7. The highest BCUT2D eigenvalue weighted by atomic mass is 16.4. The van der Waals surface area contributed by atoms with Crippen molar-refractivity contribution in [3.63, 3.8) is 0 Å². The number of carbonyl (C=O) groups excluding carboxylic acids is 2. The van der Waals surface area contributed by atoms with Gasteiger partial charge in [-0.15, -0.1) is 0 Å². The van der Waals surface area contributed by atoms with Gasteiger partial charge in [0.15, 0.2) is 0 Å². The molecule has 1 aliphatic rings. The van der Waals surface area contributed by atoms with Crippen LogP contribution in [0.2, 0.25) is 0 Å². The SMILES string of the molecule is CC(C)CN(CC(=O)O)C(=O)N1CCNC(=O)C1. The summed E-state index contributed by atoms with van der Waals surface area (Å²) in [5.74, 6) is -1.09. The third-order valence-corrected chi connectivity index (χ3v) is 2.49. The molecule has 1 aliphatic heterocycles. The number of rotatable bonds is 4. The maximum atomic E-state index is 12.1. The molecule has 1 saturated heterocycles. The molecular weight excluding hydrogens is 238 g/mol. The molecule has 7 nitrogen and oxygen atoms in total. The molecule has 1 heterocycles. The van der Waals surface area contributed by atoms with Gasteiger partial charge in [-0.25, -0.2) is 4.79 Å². The average molecular weight is 257 g/mol. The van der Waals surface area contributed by atoms with Gasteiger partial charge >= 0.3 is 12.0 Å². The van der Waals surface area contributed by atoms with Crippen molar-refractivity contribution in [1.82, 2.24) is 15.1 Å². The number of carbonyl (C=O) groups is 3. The standard InChI is InChI=1S/C11H19N3O4/c1-8(2)5-14(7-10(16)17)11(18)13-4-3-12-9(15)6-13/h8H,3-7H2,1-2H3,(H,12,15)(H,16,17). The van der Waals surface area contributed by atoms with Crippen LogP contribution in [-0.2, 0) is 9.59 Å². The molecule has 0 radical (unpaired) electrons. The second kappa shape index (κ2) is 6.23. The first-order valence-electron chi connectivity index (χ1n) is 5.92. The van der Waals surface area contributed by atoms with Crippen molar-refractivity contribution < 1.29 is 19.5 Å². The van der Waals surface area contributed by atoms with Crippen LogP contribution in [0.5, 0.6) is 0 Å². The first-order chi connectivity index (χ1) is 8.40. The molecule has 0 aromatic heterocycles. The summed E-state index contributed by atoms with van der Waals surface area (Å²) in [5, 5.41) is 11.4. The molecule has 0 aliphatic carbocycles. The fourth-order valence-corrected chi connectivity index (χ4v) is 1.82. The lowest BCUT2D eigenvalue weighted by molar-refractivity contribution is -0.137. The number of aliphatic carboxylic acids is 1. The van der Waals surface area contributed by atoms with E-state index in [9.17, 15) is 14.4 Å². The minimum Gasteiger partial charge on any atom is -0.480 e. The number of urea groups is 1. The summed E-state index contributed by atoms with van der Waals surface area (Å²) in [6.45, 7) is 4.66. The Labute approximate surface area is 106 Å². The summed E-state index contributed by atoms with van der Waals surface area (Å²) in [6, 6.07) is -0.388. The van der Waals surface area contributed by atoms with Crippen LogP contribution in [-0.4, -0.2) is 65.5 Å². The Morgan fingerprint density at radius 2 is 2.17 bits per heavy atom. The molecule has 2 N–H and O–H groups in total. The van der Waals surface area contributed by atoms with Crippen LogP contribution in [0.15, 0.2) is 0 Å². The number of carboxylic acids is 1. The van der Waals surface area contributed by atoms with E-state index in [2.05, 4.69) is 5.32 Å². The van der Waals surface area contributed by atoms with Gasteiger partial charge in [-0.1, -0.05) is 13.8 Å². The fraction of sp³-hybridized carbons (Fsp3) is 0.727. The molecule has 0 unspecified atom stereocenters. The summed E-state index contributed by atoms with van der Waals surface area (Å²) in [5.41, 5.74) is 0. The number of nitrogens with one attached hydrogen (secondary N) is 1. The maximum absolute atomic E-state index is 12.1. The van der Waals surface area contributed by atoms with Crippen molar-refractivity contribution in [2.75, 3.05) is 32.7 Å². The molecule has 0 spiro atoms. The second-order valence-corrected chi connectivity index (χ2v) is 4.72. The molecule has 1 rings (SSSR count). The molecule has 18 heavy (non-hydrogen) atoms. The number of hydrogen-bond acceptors (Lipinski definition) is 3. The Hall–Kier alpha value is -1.79. The molecule has 7 heteroatoms. The summed E-state index contributed by atoms with van der Waals surface area (Å²) in [6.07, 6.45) is 0. The number of amides is 3. The highest BCUT2D eigenvalue weighted by Gasteiger charge is 2.27. The van der Waals surface area contributed by atoms with E-state index in [0.717, 1.165) is 0 Å². The smallest absolute Gasteiger partial charge is 0.323 e. The van der Waals surface area contributed by atoms with E-state index in [1.54, 1.807) is 0 Å². The van der Waals surface area contributed by atoms with E-state index in [-0.39, 0.29) is 30.9 Å². The van der Waals surface area contributed by atoms with E-state index >= 15 is 0 Å². The first-order valence-corrected chi connectivity index (χ1v) is 5.92. The summed E-state index contributed by atoms with van der Waals surface area (Å²) >= 11 is 0. The molecule has 0 bridgehead atoms. The maximum Gasteiger partial charge on any atom is 0.323 e. The summed E-state index contributed by atoms with van der Waals surface area (Å²) in [4.78, 5) is 36.7. The Balaban J connectivity index is 2.67. The molecule has 3 amide bonds. The van der Waals surface area contributed by atoms with Crippen molar-refractivity contribution in [2.24, 2.45) is 5.92 Å². The Kier molecular flexibility index (Phi) is 4.94. The molecule has 0 aromatic carbocycles. The van der Waals surface area contributed by atoms with Crippen LogP contribution >= 0.6 is 0 Å². The van der Waals surface area contributed by atoms with Crippen molar-refractivity contribution in [1.29, 1.82) is 0 Å². The van der Waals surface area contributed by atoms with E-state index in [4.69, 9.17) is 5.11 Å². The Morgan fingerprint density at radius 1 is 1.50 bits per heavy atom. The largest absolute Gasteiger partial charge is 0.480 e. The van der Waals surface area contributed by atoms with Crippen LogP contribution in [0.25, 0.3) is 0 Å². The zero-order chi connectivity index (χ0) is 13.7. The van der Waals surface area contributed by atoms with Crippen LogP contribution in [0.1, 0.15) is 13.8 Å². The predicted octanol–water partition coefficient (Wildman–Crippen LogP) is -0.419. The van der Waals surface area contributed by atoms with E-state index in [0.29, 0.717) is 19.6 Å². The van der Waals surface area contributed by atoms with Gasteiger partial charge in [0.2, 0.25) is 5.91 Å². The van der Waals surface area contributed by atoms with Crippen molar-refractivity contribution >= 4 is 17.9 Å². The predicted molar refractivity (Wildman–Crippen MR) is 64.0 cm³/mol. The zero-order valence-electron chi connectivity index (χ0n) is 10.7. The average Bonchev–Trinajstić information content (AvgIpc) is 2.26. The molecule has 0 aromatic rings. The molecular formula is C11H19N3O4. The molecule has 0 saturated carbocycles. The van der Waals surface area contributed by atoms with Gasteiger partial charge in [-0.3, -0.25) is 9.59 Å². The summed E-state index contributed by atoms with van der Waals surface area (Å²) in [7, 11) is 0. The lowest BCUT2D eigenvalue weighted by Crippen LogP contribution is -2.55. The van der Waals surface area contributed by atoms with Gasteiger partial charge in [-0.2, -0.15) is 0 Å². The van der Waals surface area contributed by atoms with Gasteiger partial charge in [0.1, 0.15) is 13.1 Å². The number of carboxylic acid groups (broad SMARTS) is 1. The Morgan fingerprint density at radius 3 is 2.67 bits per heavy atom. The fourth-order valence-electron chi connectivity index (χ4n) is 1.82. The van der Waals surface area contributed by atoms with Crippen LogP contribution in [0.3, 0.4) is 0 Å². The van der Waals surface area contributed by atoms with Crippen molar-refractivity contribution in [2.45, 2.75) is 13.8 Å². The van der Waals surface area contributed by atoms with Gasteiger partial charge in [0, 0.05) is 19.6 Å². The number of nitrogens with zero attached hydrogens (tertiary/aromatic N) is 2. The lowest BCUT2D eigenvalue weighted by Gasteiger charge is -2.32. The van der Waals surface area contributed by atoms with Gasteiger partial charge in [-0.05, 0) is 5.92 Å². The van der Waals surface area contributed by atoms with Gasteiger partial charge in [0.25, 0.3) is 0 Å². The quantitative estimate of drug-likeness (QED) is 0.716. The van der Waals surface area contributed by atoms with Gasteiger partial charge < -0.3 is 20.2 Å². The second-order valence-electron chi connectivity index (χ2n) is 4.72. The number of piperazine rings is 1. The monoisotopic (exact) mass is 257 g/mol.